The molecule has 0 atom stereocenters. The van der Waals surface area contributed by atoms with Crippen LogP contribution in [0.15, 0.2) is 47.7 Å². The van der Waals surface area contributed by atoms with Crippen LogP contribution in [0.3, 0.4) is 0 Å². The first-order valence-electron chi connectivity index (χ1n) is 9.19. The SMILES string of the molecule is CCN1C(=O)C(=C/C=C2/N(C)c3ccccc3C2(C)C)C(=O)N(CC)C1=O. The van der Waals surface area contributed by atoms with Crippen molar-refractivity contribution in [1.82, 2.24) is 9.80 Å². The van der Waals surface area contributed by atoms with Gasteiger partial charge in [0.2, 0.25) is 0 Å². The molecule has 6 heteroatoms. The van der Waals surface area contributed by atoms with Crippen molar-refractivity contribution in [1.29, 1.82) is 0 Å². The Hall–Kier alpha value is -2.89. The van der Waals surface area contributed by atoms with Crippen LogP contribution < -0.4 is 4.90 Å². The molecular formula is C21H25N3O3. The van der Waals surface area contributed by atoms with Gasteiger partial charge in [-0.15, -0.1) is 0 Å². The average Bonchev–Trinajstić information content (AvgIpc) is 2.83. The predicted molar refractivity (Wildman–Crippen MR) is 104 cm³/mol. The largest absolute Gasteiger partial charge is 0.347 e. The summed E-state index contributed by atoms with van der Waals surface area (Å²) in [5.74, 6) is -1.07. The molecule has 142 valence electrons. The average molecular weight is 367 g/mol. The molecule has 2 aliphatic heterocycles. The molecule has 1 aromatic carbocycles. The summed E-state index contributed by atoms with van der Waals surface area (Å²) in [6.45, 7) is 8.13. The lowest BCUT2D eigenvalue weighted by molar-refractivity contribution is -0.135. The summed E-state index contributed by atoms with van der Waals surface area (Å²) in [7, 11) is 1.97. The molecule has 27 heavy (non-hydrogen) atoms. The minimum absolute atomic E-state index is 0.0194. The van der Waals surface area contributed by atoms with Crippen LogP contribution in [0.25, 0.3) is 0 Å². The van der Waals surface area contributed by atoms with Crippen LogP contribution in [0.1, 0.15) is 33.3 Å². The third kappa shape index (κ3) is 2.76. The molecule has 0 radical (unpaired) electrons. The summed E-state index contributed by atoms with van der Waals surface area (Å²) in [5.41, 5.74) is 3.05. The number of fused-ring (bicyclic) bond motifs is 1. The molecule has 3 rings (SSSR count). The van der Waals surface area contributed by atoms with E-state index in [0.29, 0.717) is 0 Å². The second-order valence-corrected chi connectivity index (χ2v) is 7.21. The molecule has 0 bridgehead atoms. The van der Waals surface area contributed by atoms with E-state index in [1.807, 2.05) is 25.3 Å². The zero-order valence-electron chi connectivity index (χ0n) is 16.4. The molecule has 2 aliphatic rings. The molecule has 0 unspecified atom stereocenters. The number of imide groups is 2. The normalized spacial score (nSPS) is 20.6. The third-order valence-electron chi connectivity index (χ3n) is 5.39. The monoisotopic (exact) mass is 367 g/mol. The topological polar surface area (TPSA) is 60.9 Å². The number of nitrogens with zero attached hydrogens (tertiary/aromatic N) is 3. The molecule has 6 nitrogen and oxygen atoms in total. The maximum absolute atomic E-state index is 12.7. The quantitative estimate of drug-likeness (QED) is 0.609. The first kappa shape index (κ1) is 18.9. The predicted octanol–water partition coefficient (Wildman–Crippen LogP) is 3.05. The minimum atomic E-state index is -0.550. The summed E-state index contributed by atoms with van der Waals surface area (Å²) >= 11 is 0. The number of anilines is 1. The first-order chi connectivity index (χ1) is 12.8. The van der Waals surface area contributed by atoms with Crippen molar-refractivity contribution in [2.24, 2.45) is 0 Å². The summed E-state index contributed by atoms with van der Waals surface area (Å²) in [6.07, 6.45) is 3.38. The highest BCUT2D eigenvalue weighted by Gasteiger charge is 2.41. The van der Waals surface area contributed by atoms with Crippen LogP contribution in [0.5, 0.6) is 0 Å². The van der Waals surface area contributed by atoms with Crippen molar-refractivity contribution >= 4 is 23.5 Å². The molecule has 1 fully saturated rings. The lowest BCUT2D eigenvalue weighted by Gasteiger charge is -2.32. The highest BCUT2D eigenvalue weighted by atomic mass is 16.2. The molecule has 4 amide bonds. The zero-order chi connectivity index (χ0) is 19.9. The highest BCUT2D eigenvalue weighted by molar-refractivity contribution is 6.28. The Morgan fingerprint density at radius 1 is 0.926 bits per heavy atom. The van der Waals surface area contributed by atoms with E-state index < -0.39 is 17.8 Å². The number of carbonyl (C=O) groups is 3. The van der Waals surface area contributed by atoms with Gasteiger partial charge in [-0.2, -0.15) is 0 Å². The Bertz CT molecular complexity index is 854. The summed E-state index contributed by atoms with van der Waals surface area (Å²) in [5, 5.41) is 0. The molecule has 2 heterocycles. The second-order valence-electron chi connectivity index (χ2n) is 7.21. The van der Waals surface area contributed by atoms with Gasteiger partial charge in [0.05, 0.1) is 0 Å². The number of carbonyl (C=O) groups excluding carboxylic acids is 3. The first-order valence-corrected chi connectivity index (χ1v) is 9.19. The fourth-order valence-electron chi connectivity index (χ4n) is 3.87. The summed E-state index contributed by atoms with van der Waals surface area (Å²) in [4.78, 5) is 41.9. The van der Waals surface area contributed by atoms with Gasteiger partial charge in [-0.25, -0.2) is 4.79 Å². The molecular weight excluding hydrogens is 342 g/mol. The van der Waals surface area contributed by atoms with Gasteiger partial charge < -0.3 is 4.90 Å². The summed E-state index contributed by atoms with van der Waals surface area (Å²) < 4.78 is 0. The van der Waals surface area contributed by atoms with Crippen LogP contribution in [-0.4, -0.2) is 47.8 Å². The van der Waals surface area contributed by atoms with E-state index in [-0.39, 0.29) is 24.1 Å². The van der Waals surface area contributed by atoms with Crippen molar-refractivity contribution in [3.63, 3.8) is 0 Å². The standard InChI is InChI=1S/C21H25N3O3/c1-6-23-18(25)14(19(26)24(7-2)20(23)27)12-13-17-21(3,4)15-10-8-9-11-16(15)22(17)5/h8-13H,6-7H2,1-5H3/b17-13+. The smallest absolute Gasteiger partial charge is 0.333 e. The number of hydrogen-bond donors (Lipinski definition) is 0. The molecule has 0 saturated carbocycles. The minimum Gasteiger partial charge on any atom is -0.347 e. The van der Waals surface area contributed by atoms with Crippen LogP contribution in [-0.2, 0) is 15.0 Å². The number of allylic oxidation sites excluding steroid dienone is 3. The van der Waals surface area contributed by atoms with E-state index in [2.05, 4.69) is 30.9 Å². The van der Waals surface area contributed by atoms with Crippen molar-refractivity contribution in [3.05, 3.63) is 53.3 Å². The van der Waals surface area contributed by atoms with E-state index in [1.165, 1.54) is 5.56 Å². The number of para-hydroxylation sites is 1. The lowest BCUT2D eigenvalue weighted by Crippen LogP contribution is -2.56. The van der Waals surface area contributed by atoms with E-state index in [1.54, 1.807) is 19.9 Å². The van der Waals surface area contributed by atoms with E-state index in [0.717, 1.165) is 21.2 Å². The molecule has 0 aliphatic carbocycles. The lowest BCUT2D eigenvalue weighted by atomic mass is 9.83. The summed E-state index contributed by atoms with van der Waals surface area (Å²) in [6, 6.07) is 7.59. The van der Waals surface area contributed by atoms with Crippen LogP contribution in [0.2, 0.25) is 0 Å². The van der Waals surface area contributed by atoms with Crippen molar-refractivity contribution in [2.75, 3.05) is 25.0 Å². The molecule has 0 spiro atoms. The van der Waals surface area contributed by atoms with Gasteiger partial charge in [-0.3, -0.25) is 19.4 Å². The van der Waals surface area contributed by atoms with Crippen molar-refractivity contribution in [3.8, 4) is 0 Å². The number of hydrogen-bond acceptors (Lipinski definition) is 4. The van der Waals surface area contributed by atoms with Crippen molar-refractivity contribution in [2.45, 2.75) is 33.1 Å². The zero-order valence-corrected chi connectivity index (χ0v) is 16.4. The second kappa shape index (κ2) is 6.68. The van der Waals surface area contributed by atoms with Crippen LogP contribution in [0.4, 0.5) is 10.5 Å². The molecule has 0 aromatic heterocycles. The van der Waals surface area contributed by atoms with Crippen LogP contribution in [0, 0.1) is 0 Å². The van der Waals surface area contributed by atoms with Gasteiger partial charge in [-0.05, 0) is 37.6 Å². The van der Waals surface area contributed by atoms with Gasteiger partial charge in [0.15, 0.2) is 0 Å². The molecule has 0 N–H and O–H groups in total. The number of urea groups is 1. The van der Waals surface area contributed by atoms with Gasteiger partial charge in [0.25, 0.3) is 11.8 Å². The highest BCUT2D eigenvalue weighted by Crippen LogP contribution is 2.46. The van der Waals surface area contributed by atoms with Crippen LogP contribution >= 0.6 is 0 Å². The third-order valence-corrected chi connectivity index (χ3v) is 5.39. The Labute approximate surface area is 159 Å². The molecule has 1 aromatic rings. The Morgan fingerprint density at radius 2 is 1.48 bits per heavy atom. The maximum atomic E-state index is 12.7. The molecule has 1 saturated heterocycles. The van der Waals surface area contributed by atoms with E-state index >= 15 is 0 Å². The fraction of sp³-hybridized carbons (Fsp3) is 0.381. The van der Waals surface area contributed by atoms with Gasteiger partial charge >= 0.3 is 6.03 Å². The van der Waals surface area contributed by atoms with Gasteiger partial charge in [0.1, 0.15) is 5.57 Å². The Kier molecular flexibility index (Phi) is 4.68. The number of benzene rings is 1. The van der Waals surface area contributed by atoms with Crippen molar-refractivity contribution < 1.29 is 14.4 Å². The maximum Gasteiger partial charge on any atom is 0.333 e. The number of amides is 4. The van der Waals surface area contributed by atoms with E-state index in [9.17, 15) is 14.4 Å². The van der Waals surface area contributed by atoms with Gasteiger partial charge in [0, 0.05) is 36.9 Å². The fourth-order valence-corrected chi connectivity index (χ4v) is 3.87. The number of likely N-dealkylation sites (N-methyl/N-ethyl adjacent to an activating group) is 3. The Balaban J connectivity index is 2.05. The van der Waals surface area contributed by atoms with E-state index in [4.69, 9.17) is 0 Å². The number of rotatable bonds is 3. The Morgan fingerprint density at radius 3 is 2.00 bits per heavy atom. The number of barbiturate groups is 1. The van der Waals surface area contributed by atoms with Gasteiger partial charge in [-0.1, -0.05) is 32.0 Å².